The Morgan fingerprint density at radius 1 is 2.00 bits per heavy atom. The van der Waals surface area contributed by atoms with Gasteiger partial charge in [-0.3, -0.25) is 4.99 Å². The minimum Gasteiger partial charge on any atom is -0.467 e. The van der Waals surface area contributed by atoms with E-state index in [-0.39, 0.29) is 12.0 Å². The summed E-state index contributed by atoms with van der Waals surface area (Å²) in [6.45, 7) is 0.493. The summed E-state index contributed by atoms with van der Waals surface area (Å²) < 4.78 is 4.45. The van der Waals surface area contributed by atoms with Crippen molar-refractivity contribution in [3.05, 3.63) is 0 Å². The maximum atomic E-state index is 10.6. The zero-order valence-corrected chi connectivity index (χ0v) is 5.13. The molecule has 1 aliphatic rings. The van der Waals surface area contributed by atoms with Gasteiger partial charge in [-0.1, -0.05) is 0 Å². The molecule has 0 radical (unpaired) electrons. The third-order valence-corrected chi connectivity index (χ3v) is 1.14. The lowest BCUT2D eigenvalue weighted by molar-refractivity contribution is -0.142. The molecule has 1 heterocycles. The number of rotatable bonds is 1. The van der Waals surface area contributed by atoms with Gasteiger partial charge in [0, 0.05) is 0 Å². The number of nitrogens with one attached hydrogen (secondary N) is 1. The molecule has 0 aromatic rings. The van der Waals surface area contributed by atoms with Crippen LogP contribution in [0, 0.1) is 0 Å². The molecule has 0 aromatic heterocycles. The van der Waals surface area contributed by atoms with Crippen molar-refractivity contribution in [3.8, 4) is 0 Å². The fraction of sp³-hybridized carbons (Fsp3) is 0.600. The molecule has 0 spiro atoms. The van der Waals surface area contributed by atoms with E-state index in [4.69, 9.17) is 0 Å². The zero-order chi connectivity index (χ0) is 6.69. The molecule has 0 aliphatic carbocycles. The summed E-state index contributed by atoms with van der Waals surface area (Å²) in [5.41, 5.74) is 0. The maximum absolute atomic E-state index is 10.6. The summed E-state index contributed by atoms with van der Waals surface area (Å²) in [6, 6.07) is -0.255. The Kier molecular flexibility index (Phi) is 1.67. The van der Waals surface area contributed by atoms with Crippen molar-refractivity contribution in [2.75, 3.05) is 13.7 Å². The third-order valence-electron chi connectivity index (χ3n) is 1.14. The van der Waals surface area contributed by atoms with Crippen molar-refractivity contribution in [2.45, 2.75) is 6.04 Å². The molecule has 0 fully saturated rings. The number of aliphatic imine (C=N–C) groups is 1. The summed E-state index contributed by atoms with van der Waals surface area (Å²) in [5.74, 6) is -0.257. The predicted octanol–water partition coefficient (Wildman–Crippen LogP) is -0.841. The molecular weight excluding hydrogens is 120 g/mol. The SMILES string of the molecule is COC(=O)C1CN=CN1. The Hall–Kier alpha value is -1.06. The van der Waals surface area contributed by atoms with Crippen molar-refractivity contribution in [2.24, 2.45) is 4.99 Å². The van der Waals surface area contributed by atoms with E-state index in [1.807, 2.05) is 0 Å². The molecule has 50 valence electrons. The standard InChI is InChI=1S/C5H8N2O2/c1-9-5(8)4-2-6-3-7-4/h3-4H,2H2,1H3,(H,6,7). The second-order valence-electron chi connectivity index (χ2n) is 1.74. The molecule has 0 saturated carbocycles. The molecule has 0 amide bonds. The second-order valence-corrected chi connectivity index (χ2v) is 1.74. The van der Waals surface area contributed by atoms with Crippen LogP contribution in [0.25, 0.3) is 0 Å². The molecule has 0 saturated heterocycles. The largest absolute Gasteiger partial charge is 0.467 e. The lowest BCUT2D eigenvalue weighted by Gasteiger charge is -2.04. The van der Waals surface area contributed by atoms with E-state index in [2.05, 4.69) is 15.0 Å². The molecule has 1 aliphatic heterocycles. The van der Waals surface area contributed by atoms with Crippen LogP contribution in [0.1, 0.15) is 0 Å². The molecule has 9 heavy (non-hydrogen) atoms. The normalized spacial score (nSPS) is 23.4. The number of hydrogen-bond acceptors (Lipinski definition) is 4. The van der Waals surface area contributed by atoms with Gasteiger partial charge in [-0.25, -0.2) is 4.79 Å². The van der Waals surface area contributed by atoms with Gasteiger partial charge < -0.3 is 10.1 Å². The van der Waals surface area contributed by atoms with Gasteiger partial charge in [-0.15, -0.1) is 0 Å². The van der Waals surface area contributed by atoms with Crippen LogP contribution in [0.3, 0.4) is 0 Å². The van der Waals surface area contributed by atoms with E-state index < -0.39 is 0 Å². The van der Waals surface area contributed by atoms with Crippen LogP contribution in [-0.2, 0) is 9.53 Å². The van der Waals surface area contributed by atoms with Crippen molar-refractivity contribution in [3.63, 3.8) is 0 Å². The van der Waals surface area contributed by atoms with E-state index in [0.717, 1.165) is 0 Å². The number of nitrogens with zero attached hydrogens (tertiary/aromatic N) is 1. The number of esters is 1. The van der Waals surface area contributed by atoms with Gasteiger partial charge in [0.2, 0.25) is 0 Å². The Morgan fingerprint density at radius 3 is 3.22 bits per heavy atom. The van der Waals surface area contributed by atoms with Gasteiger partial charge in [-0.05, 0) is 0 Å². The Bertz CT molecular complexity index is 136. The molecule has 1 unspecified atom stereocenters. The Morgan fingerprint density at radius 2 is 2.78 bits per heavy atom. The number of carbonyl (C=O) groups excluding carboxylic acids is 1. The van der Waals surface area contributed by atoms with Gasteiger partial charge in [0.25, 0.3) is 0 Å². The van der Waals surface area contributed by atoms with Gasteiger partial charge in [0.15, 0.2) is 0 Å². The molecule has 1 N–H and O–H groups in total. The van der Waals surface area contributed by atoms with Gasteiger partial charge in [-0.2, -0.15) is 0 Å². The third kappa shape index (κ3) is 1.19. The van der Waals surface area contributed by atoms with Crippen LogP contribution < -0.4 is 5.32 Å². The summed E-state index contributed by atoms with van der Waals surface area (Å²) >= 11 is 0. The van der Waals surface area contributed by atoms with E-state index in [1.54, 1.807) is 0 Å². The first kappa shape index (κ1) is 6.07. The average Bonchev–Trinajstić information content (AvgIpc) is 2.37. The van der Waals surface area contributed by atoms with Crippen LogP contribution in [0.15, 0.2) is 4.99 Å². The van der Waals surface area contributed by atoms with E-state index in [9.17, 15) is 4.79 Å². The average molecular weight is 128 g/mol. The first-order valence-electron chi connectivity index (χ1n) is 2.67. The highest BCUT2D eigenvalue weighted by Gasteiger charge is 2.19. The zero-order valence-electron chi connectivity index (χ0n) is 5.13. The molecule has 0 bridgehead atoms. The monoisotopic (exact) mass is 128 g/mol. The summed E-state index contributed by atoms with van der Waals surface area (Å²) in [4.78, 5) is 14.4. The maximum Gasteiger partial charge on any atom is 0.330 e. The Labute approximate surface area is 52.9 Å². The highest BCUT2D eigenvalue weighted by molar-refractivity contribution is 5.80. The Balaban J connectivity index is 2.36. The quantitative estimate of drug-likeness (QED) is 0.468. The lowest BCUT2D eigenvalue weighted by Crippen LogP contribution is -2.34. The first-order chi connectivity index (χ1) is 4.34. The highest BCUT2D eigenvalue weighted by atomic mass is 16.5. The van der Waals surface area contributed by atoms with E-state index in [1.165, 1.54) is 13.4 Å². The second kappa shape index (κ2) is 2.48. The van der Waals surface area contributed by atoms with Gasteiger partial charge in [0.05, 0.1) is 20.0 Å². The molecule has 1 atom stereocenters. The fourth-order valence-electron chi connectivity index (χ4n) is 0.638. The highest BCUT2D eigenvalue weighted by Crippen LogP contribution is 1.91. The topological polar surface area (TPSA) is 50.7 Å². The number of carbonyl (C=O) groups is 1. The van der Waals surface area contributed by atoms with Gasteiger partial charge >= 0.3 is 5.97 Å². The number of hydrogen-bond donors (Lipinski definition) is 1. The van der Waals surface area contributed by atoms with Crippen LogP contribution >= 0.6 is 0 Å². The molecule has 4 nitrogen and oxygen atoms in total. The number of ether oxygens (including phenoxy) is 1. The van der Waals surface area contributed by atoms with Crippen LogP contribution in [0.4, 0.5) is 0 Å². The van der Waals surface area contributed by atoms with Crippen molar-refractivity contribution in [1.29, 1.82) is 0 Å². The molecule has 0 aromatic carbocycles. The molecular formula is C5H8N2O2. The minimum atomic E-state index is -0.257. The first-order valence-corrected chi connectivity index (χ1v) is 2.67. The summed E-state index contributed by atoms with van der Waals surface area (Å²) in [5, 5.41) is 2.74. The number of methoxy groups -OCH3 is 1. The smallest absolute Gasteiger partial charge is 0.330 e. The van der Waals surface area contributed by atoms with E-state index >= 15 is 0 Å². The van der Waals surface area contributed by atoms with Gasteiger partial charge in [0.1, 0.15) is 6.04 Å². The van der Waals surface area contributed by atoms with Crippen LogP contribution in [0.2, 0.25) is 0 Å². The summed E-state index contributed by atoms with van der Waals surface area (Å²) in [6.07, 6.45) is 1.52. The van der Waals surface area contributed by atoms with Crippen molar-refractivity contribution >= 4 is 12.3 Å². The van der Waals surface area contributed by atoms with Crippen molar-refractivity contribution < 1.29 is 9.53 Å². The summed E-state index contributed by atoms with van der Waals surface area (Å²) in [7, 11) is 1.36. The lowest BCUT2D eigenvalue weighted by atomic mass is 10.3. The van der Waals surface area contributed by atoms with E-state index in [0.29, 0.717) is 6.54 Å². The minimum absolute atomic E-state index is 0.255. The van der Waals surface area contributed by atoms with Crippen LogP contribution in [0.5, 0.6) is 0 Å². The molecule has 1 rings (SSSR count). The molecule has 4 heteroatoms. The fourth-order valence-corrected chi connectivity index (χ4v) is 0.638. The van der Waals surface area contributed by atoms with Crippen molar-refractivity contribution in [1.82, 2.24) is 5.32 Å². The van der Waals surface area contributed by atoms with Crippen LogP contribution in [-0.4, -0.2) is 32.0 Å². The predicted molar refractivity (Wildman–Crippen MR) is 32.3 cm³/mol.